The summed E-state index contributed by atoms with van der Waals surface area (Å²) in [5.74, 6) is 0. The highest BCUT2D eigenvalue weighted by Gasteiger charge is 2.16. The van der Waals surface area contributed by atoms with E-state index in [1.54, 1.807) is 0 Å². The molecule has 0 radical (unpaired) electrons. The Morgan fingerprint density at radius 2 is 1.79 bits per heavy atom. The summed E-state index contributed by atoms with van der Waals surface area (Å²) in [4.78, 5) is 9.76. The van der Waals surface area contributed by atoms with Crippen LogP contribution in [0, 0.1) is 0 Å². The molecule has 0 aliphatic carbocycles. The fourth-order valence-corrected chi connectivity index (χ4v) is 2.61. The van der Waals surface area contributed by atoms with Gasteiger partial charge in [-0.15, -0.1) is 0 Å². The minimum absolute atomic E-state index is 0.845. The van der Waals surface area contributed by atoms with Gasteiger partial charge in [-0.2, -0.15) is 0 Å². The van der Waals surface area contributed by atoms with Gasteiger partial charge in [-0.3, -0.25) is 9.88 Å². The van der Waals surface area contributed by atoms with Gasteiger partial charge in [0.1, 0.15) is 0 Å². The lowest BCUT2D eigenvalue weighted by Gasteiger charge is -2.34. The van der Waals surface area contributed by atoms with Crippen molar-refractivity contribution in [2.75, 3.05) is 39.8 Å². The third-order valence-electron chi connectivity index (χ3n) is 3.61. The molecule has 2 heterocycles. The van der Waals surface area contributed by atoms with Crippen LogP contribution in [0.4, 0.5) is 0 Å². The monoisotopic (exact) mass is 262 g/mol. The summed E-state index contributed by atoms with van der Waals surface area (Å²) < 4.78 is 0. The average Bonchev–Trinajstić information content (AvgIpc) is 2.42. The van der Waals surface area contributed by atoms with Crippen LogP contribution >= 0.6 is 0 Å². The van der Waals surface area contributed by atoms with Crippen molar-refractivity contribution in [3.63, 3.8) is 0 Å². The zero-order valence-corrected chi connectivity index (χ0v) is 12.2. The van der Waals surface area contributed by atoms with Crippen LogP contribution in [0.5, 0.6) is 0 Å². The maximum atomic E-state index is 4.69. The Balaban J connectivity index is 1.83. The summed E-state index contributed by atoms with van der Waals surface area (Å²) in [6.45, 7) is 10.0. The molecule has 0 spiro atoms. The number of nitrogens with zero attached hydrogens (tertiary/aromatic N) is 3. The molecule has 1 fully saturated rings. The maximum Gasteiger partial charge on any atom is 0.0547 e. The second kappa shape index (κ2) is 7.58. The van der Waals surface area contributed by atoms with Gasteiger partial charge >= 0.3 is 0 Å². The van der Waals surface area contributed by atoms with Crippen molar-refractivity contribution in [3.05, 3.63) is 29.6 Å². The van der Waals surface area contributed by atoms with Gasteiger partial charge < -0.3 is 10.2 Å². The predicted molar refractivity (Wildman–Crippen MR) is 79.0 cm³/mol. The molecule has 1 saturated heterocycles. The molecule has 2 rings (SSSR count). The van der Waals surface area contributed by atoms with Crippen molar-refractivity contribution < 1.29 is 0 Å². The lowest BCUT2D eigenvalue weighted by atomic mass is 10.2. The number of hydrogen-bond acceptors (Lipinski definition) is 4. The predicted octanol–water partition coefficient (Wildman–Crippen LogP) is 1.33. The molecule has 1 N–H and O–H groups in total. The zero-order chi connectivity index (χ0) is 13.5. The van der Waals surface area contributed by atoms with Crippen LogP contribution in [-0.4, -0.2) is 54.6 Å². The Bertz CT molecular complexity index is 372. The van der Waals surface area contributed by atoms with E-state index >= 15 is 0 Å². The van der Waals surface area contributed by atoms with Crippen LogP contribution in [0.15, 0.2) is 18.2 Å². The molecule has 1 aliphatic heterocycles. The van der Waals surface area contributed by atoms with Crippen molar-refractivity contribution >= 4 is 0 Å². The van der Waals surface area contributed by atoms with Crippen LogP contribution in [0.3, 0.4) is 0 Å². The quantitative estimate of drug-likeness (QED) is 0.838. The van der Waals surface area contributed by atoms with E-state index in [1.165, 1.54) is 31.7 Å². The van der Waals surface area contributed by atoms with Gasteiger partial charge in [0.2, 0.25) is 0 Å². The van der Waals surface area contributed by atoms with Gasteiger partial charge in [0.05, 0.1) is 11.4 Å². The summed E-state index contributed by atoms with van der Waals surface area (Å²) in [5, 5.41) is 3.15. The lowest BCUT2D eigenvalue weighted by Crippen LogP contribution is -2.46. The molecule has 106 valence electrons. The van der Waals surface area contributed by atoms with Gasteiger partial charge in [0.15, 0.2) is 0 Å². The van der Waals surface area contributed by atoms with Crippen molar-refractivity contribution in [1.82, 2.24) is 20.1 Å². The largest absolute Gasteiger partial charge is 0.314 e. The molecule has 0 atom stereocenters. The molecule has 19 heavy (non-hydrogen) atoms. The number of aromatic nitrogens is 1. The Hall–Kier alpha value is -0.970. The molecule has 1 aromatic rings. The van der Waals surface area contributed by atoms with E-state index in [9.17, 15) is 0 Å². The maximum absolute atomic E-state index is 4.69. The number of pyridine rings is 1. The first-order chi connectivity index (χ1) is 9.31. The third-order valence-corrected chi connectivity index (χ3v) is 3.61. The van der Waals surface area contributed by atoms with E-state index in [0.717, 1.165) is 31.9 Å². The molecule has 0 aromatic carbocycles. The standard InChI is InChI=1S/C15H26N4/c1-3-7-18-8-10-19(11-9-18)13-15-6-4-5-14(17-15)12-16-2/h4-6,16H,3,7-13H2,1-2H3. The van der Waals surface area contributed by atoms with Crippen LogP contribution in [0.2, 0.25) is 0 Å². The van der Waals surface area contributed by atoms with Gasteiger partial charge in [-0.05, 0) is 32.1 Å². The van der Waals surface area contributed by atoms with Crippen molar-refractivity contribution in [1.29, 1.82) is 0 Å². The summed E-state index contributed by atoms with van der Waals surface area (Å²) in [5.41, 5.74) is 2.32. The smallest absolute Gasteiger partial charge is 0.0547 e. The van der Waals surface area contributed by atoms with Crippen LogP contribution in [-0.2, 0) is 13.1 Å². The molecular formula is C15H26N4. The Morgan fingerprint density at radius 1 is 1.11 bits per heavy atom. The van der Waals surface area contributed by atoms with Gasteiger partial charge in [-0.25, -0.2) is 0 Å². The van der Waals surface area contributed by atoms with Crippen LogP contribution in [0.25, 0.3) is 0 Å². The topological polar surface area (TPSA) is 31.4 Å². The molecular weight excluding hydrogens is 236 g/mol. The second-order valence-corrected chi connectivity index (χ2v) is 5.27. The average molecular weight is 262 g/mol. The summed E-state index contributed by atoms with van der Waals surface area (Å²) in [6.07, 6.45) is 1.26. The molecule has 0 unspecified atom stereocenters. The summed E-state index contributed by atoms with van der Waals surface area (Å²) in [6, 6.07) is 6.33. The summed E-state index contributed by atoms with van der Waals surface area (Å²) >= 11 is 0. The van der Waals surface area contributed by atoms with E-state index < -0.39 is 0 Å². The number of hydrogen-bond donors (Lipinski definition) is 1. The Morgan fingerprint density at radius 3 is 2.47 bits per heavy atom. The summed E-state index contributed by atoms with van der Waals surface area (Å²) in [7, 11) is 1.96. The lowest BCUT2D eigenvalue weighted by molar-refractivity contribution is 0.126. The van der Waals surface area contributed by atoms with E-state index in [2.05, 4.69) is 40.2 Å². The highest BCUT2D eigenvalue weighted by atomic mass is 15.3. The molecule has 0 saturated carbocycles. The van der Waals surface area contributed by atoms with Gasteiger partial charge in [-0.1, -0.05) is 13.0 Å². The van der Waals surface area contributed by atoms with Crippen molar-refractivity contribution in [2.45, 2.75) is 26.4 Å². The Kier molecular flexibility index (Phi) is 5.76. The van der Waals surface area contributed by atoms with Gasteiger partial charge in [0.25, 0.3) is 0 Å². The van der Waals surface area contributed by atoms with Gasteiger partial charge in [0, 0.05) is 39.3 Å². The molecule has 1 aliphatic rings. The van der Waals surface area contributed by atoms with Crippen LogP contribution < -0.4 is 5.32 Å². The normalized spacial score (nSPS) is 17.8. The zero-order valence-electron chi connectivity index (χ0n) is 12.2. The molecule has 1 aromatic heterocycles. The first kappa shape index (κ1) is 14.4. The fraction of sp³-hybridized carbons (Fsp3) is 0.667. The Labute approximate surface area is 116 Å². The number of rotatable bonds is 6. The second-order valence-electron chi connectivity index (χ2n) is 5.27. The van der Waals surface area contributed by atoms with E-state index in [1.807, 2.05) is 7.05 Å². The number of nitrogens with one attached hydrogen (secondary N) is 1. The first-order valence-corrected chi connectivity index (χ1v) is 7.36. The highest BCUT2D eigenvalue weighted by molar-refractivity contribution is 5.11. The fourth-order valence-electron chi connectivity index (χ4n) is 2.61. The number of piperazine rings is 1. The first-order valence-electron chi connectivity index (χ1n) is 7.36. The molecule has 4 heteroatoms. The van der Waals surface area contributed by atoms with Crippen LogP contribution in [0.1, 0.15) is 24.7 Å². The van der Waals surface area contributed by atoms with E-state index in [4.69, 9.17) is 4.98 Å². The molecule has 0 amide bonds. The van der Waals surface area contributed by atoms with Crippen molar-refractivity contribution in [3.8, 4) is 0 Å². The molecule has 4 nitrogen and oxygen atoms in total. The third kappa shape index (κ3) is 4.56. The minimum Gasteiger partial charge on any atom is -0.314 e. The SMILES string of the molecule is CCCN1CCN(Cc2cccc(CNC)n2)CC1. The van der Waals surface area contributed by atoms with E-state index in [-0.39, 0.29) is 0 Å². The van der Waals surface area contributed by atoms with Crippen molar-refractivity contribution in [2.24, 2.45) is 0 Å². The molecule has 0 bridgehead atoms. The highest BCUT2D eigenvalue weighted by Crippen LogP contribution is 2.08. The van der Waals surface area contributed by atoms with E-state index in [0.29, 0.717) is 0 Å². The minimum atomic E-state index is 0.845.